The summed E-state index contributed by atoms with van der Waals surface area (Å²) >= 11 is 0. The zero-order chi connectivity index (χ0) is 21.3. The molecule has 1 fully saturated rings. The second-order valence-electron chi connectivity index (χ2n) is 6.76. The topological polar surface area (TPSA) is 91.2 Å². The van der Waals surface area contributed by atoms with Gasteiger partial charge in [0.25, 0.3) is 5.91 Å². The maximum Gasteiger partial charge on any atom is 0.256 e. The van der Waals surface area contributed by atoms with Crippen LogP contribution in [0.3, 0.4) is 0 Å². The number of benzene rings is 1. The van der Waals surface area contributed by atoms with Crippen LogP contribution in [0.1, 0.15) is 24.9 Å². The van der Waals surface area contributed by atoms with Crippen molar-refractivity contribution in [2.45, 2.75) is 31.5 Å². The number of anilines is 1. The maximum atomic E-state index is 15.2. The second-order valence-corrected chi connectivity index (χ2v) is 8.59. The third-order valence-electron chi connectivity index (χ3n) is 4.50. The molecule has 0 unspecified atom stereocenters. The Morgan fingerprint density at radius 3 is 2.83 bits per heavy atom. The number of hydrogen-bond acceptors (Lipinski definition) is 6. The highest BCUT2D eigenvalue weighted by Crippen LogP contribution is 2.41. The van der Waals surface area contributed by atoms with Gasteiger partial charge in [0, 0.05) is 15.1 Å². The number of imidazole rings is 1. The molecule has 0 aliphatic carbocycles. The average molecular weight is 418 g/mol. The lowest BCUT2D eigenvalue weighted by Crippen LogP contribution is -2.28. The van der Waals surface area contributed by atoms with Crippen LogP contribution in [-0.4, -0.2) is 57.1 Å². The number of amides is 1. The van der Waals surface area contributed by atoms with Gasteiger partial charge in [0.15, 0.2) is 29.4 Å². The van der Waals surface area contributed by atoms with Crippen LogP contribution in [-0.2, 0) is 9.26 Å². The second kappa shape index (κ2) is 8.10. The molecule has 3 aromatic rings. The summed E-state index contributed by atoms with van der Waals surface area (Å²) in [5, 5.41) is 2.72. The largest absolute Gasteiger partial charge is 0.351 e. The average Bonchev–Trinajstić information content (AvgIpc) is 3.30. The molecule has 0 spiro atoms. The number of nitrogens with one attached hydrogen (secondary N) is 1. The lowest BCUT2D eigenvalue weighted by atomic mass is 10.2. The summed E-state index contributed by atoms with van der Waals surface area (Å²) in [4.78, 5) is 25.1. The monoisotopic (exact) mass is 418 g/mol. The Morgan fingerprint density at radius 2 is 2.10 bits per heavy atom. The molecule has 1 saturated heterocycles. The molecule has 1 aliphatic heterocycles. The van der Waals surface area contributed by atoms with Crippen LogP contribution in [0.5, 0.6) is 0 Å². The van der Waals surface area contributed by atoms with Gasteiger partial charge < -0.3 is 14.6 Å². The van der Waals surface area contributed by atoms with Crippen molar-refractivity contribution in [3.05, 3.63) is 48.5 Å². The van der Waals surface area contributed by atoms with Gasteiger partial charge in [-0.15, -0.1) is 0 Å². The van der Waals surface area contributed by atoms with Crippen LogP contribution >= 0.6 is 8.15 Å². The van der Waals surface area contributed by atoms with E-state index in [1.54, 1.807) is 24.3 Å². The lowest BCUT2D eigenvalue weighted by molar-refractivity contribution is -0.0122. The predicted octanol–water partition coefficient (Wildman–Crippen LogP) is 3.38. The Balaban J connectivity index is 1.63. The van der Waals surface area contributed by atoms with E-state index in [4.69, 9.17) is 10.6 Å². The van der Waals surface area contributed by atoms with Gasteiger partial charge in [-0.1, -0.05) is 18.2 Å². The van der Waals surface area contributed by atoms with Crippen molar-refractivity contribution in [2.75, 3.05) is 18.6 Å². The molecule has 152 valence electrons. The zero-order valence-corrected chi connectivity index (χ0v) is 16.8. The van der Waals surface area contributed by atoms with Gasteiger partial charge in [0.1, 0.15) is 12.4 Å². The Morgan fingerprint density at radius 1 is 1.31 bits per heavy atom. The van der Waals surface area contributed by atoms with Crippen LogP contribution in [0.2, 0.25) is 0 Å². The number of carbonyl (C=O) groups is 1. The first-order valence-electron chi connectivity index (χ1n) is 9.67. The van der Waals surface area contributed by atoms with Gasteiger partial charge in [0.05, 0.1) is 12.4 Å². The minimum atomic E-state index is -1.49. The Bertz CT molecular complexity index is 1040. The highest BCUT2D eigenvalue weighted by atomic mass is 31.1. The molecular weight excluding hydrogens is 396 g/mol. The van der Waals surface area contributed by atoms with Gasteiger partial charge >= 0.3 is 0 Å². The van der Waals surface area contributed by atoms with E-state index >= 15 is 4.39 Å². The highest BCUT2D eigenvalue weighted by molar-refractivity contribution is 7.50. The van der Waals surface area contributed by atoms with Gasteiger partial charge in [-0.25, -0.2) is 19.3 Å². The van der Waals surface area contributed by atoms with Crippen LogP contribution in [0.4, 0.5) is 10.2 Å². The lowest BCUT2D eigenvalue weighted by Gasteiger charge is -2.19. The van der Waals surface area contributed by atoms with Crippen molar-refractivity contribution < 1.29 is 19.8 Å². The molecule has 10 heteroatoms. The number of nitrogens with zero attached hydrogens (tertiary/aromatic N) is 4. The fraction of sp³-hybridized carbons (Fsp3) is 0.368. The van der Waals surface area contributed by atoms with E-state index in [0.717, 1.165) is 0 Å². The van der Waals surface area contributed by atoms with Crippen molar-refractivity contribution in [1.82, 2.24) is 19.5 Å². The van der Waals surface area contributed by atoms with Crippen molar-refractivity contribution in [3.63, 3.8) is 0 Å². The van der Waals surface area contributed by atoms with E-state index in [-0.39, 0.29) is 18.6 Å². The fourth-order valence-corrected chi connectivity index (χ4v) is 3.93. The fourth-order valence-electron chi connectivity index (χ4n) is 3.19. The highest BCUT2D eigenvalue weighted by Gasteiger charge is 2.46. The minimum Gasteiger partial charge on any atom is -0.351 e. The number of halogens is 1. The number of alkyl halides is 1. The van der Waals surface area contributed by atoms with Crippen LogP contribution in [0.15, 0.2) is 43.0 Å². The van der Waals surface area contributed by atoms with Crippen molar-refractivity contribution in [2.24, 2.45) is 0 Å². The van der Waals surface area contributed by atoms with Crippen LogP contribution in [0, 0.1) is 0 Å². The van der Waals surface area contributed by atoms with Gasteiger partial charge in [-0.2, -0.15) is 0 Å². The minimum absolute atomic E-state index is 0.120. The van der Waals surface area contributed by atoms with Crippen molar-refractivity contribution >= 4 is 31.0 Å². The first-order valence-corrected chi connectivity index (χ1v) is 11.1. The molecule has 4 atom stereocenters. The first kappa shape index (κ1) is 18.5. The summed E-state index contributed by atoms with van der Waals surface area (Å²) in [6.45, 7) is 3.63. The van der Waals surface area contributed by atoms with Crippen molar-refractivity contribution in [3.8, 4) is 0 Å². The molecule has 29 heavy (non-hydrogen) atoms. The summed E-state index contributed by atoms with van der Waals surface area (Å²) in [7, 11) is -0.820. The number of ether oxygens (including phenoxy) is 1. The smallest absolute Gasteiger partial charge is 0.256 e. The predicted molar refractivity (Wildman–Crippen MR) is 108 cm³/mol. The molecular formula is C19H21FN5O3P. The van der Waals surface area contributed by atoms with E-state index in [9.17, 15) is 4.79 Å². The molecule has 1 aromatic carbocycles. The molecule has 0 bridgehead atoms. The molecule has 0 radical (unpaired) electrons. The molecule has 1 N–H and O–H groups in total. The number of hydrogen-bond donors (Lipinski definition) is 1. The first-order chi connectivity index (χ1) is 14.5. The quantitative estimate of drug-likeness (QED) is 0.639. The third kappa shape index (κ3) is 3.85. The summed E-state index contributed by atoms with van der Waals surface area (Å²) in [5.74, 6) is -0.121. The summed E-state index contributed by atoms with van der Waals surface area (Å²) in [6.07, 6.45) is -1.36. The molecule has 1 amide bonds. The maximum absolute atomic E-state index is 15.2. The molecule has 8 nitrogen and oxygen atoms in total. The SMILES string of the molecule is [2H]C[C@H]1O[C@@H](n2cnc3c(NC(=O)c4ccccc4)ncnc32)[C@H](F)[C@@H]1OP(C)C. The molecule has 1 aliphatic rings. The van der Waals surface area contributed by atoms with E-state index in [1.165, 1.54) is 17.2 Å². The normalized spacial score (nSPS) is 24.8. The number of carbonyl (C=O) groups excluding carboxylic acids is 1. The van der Waals surface area contributed by atoms with Crippen molar-refractivity contribution in [1.29, 1.82) is 0 Å². The molecule has 3 heterocycles. The standard InChI is InChI=1S/C19H21FN5O3P/c1-11-15(28-29(2)3)13(20)19(27-11)25-10-23-14-16(21-9-22-17(14)25)24-18(26)12-7-5-4-6-8-12/h4-11,13,15,19H,1-3H3,(H,21,22,24,26)/t11-,13-,15-,19-/m1/s1/i1D. The third-order valence-corrected chi connectivity index (χ3v) is 5.17. The molecule has 4 rings (SSSR count). The van der Waals surface area contributed by atoms with Crippen LogP contribution < -0.4 is 5.32 Å². The Labute approximate surface area is 169 Å². The summed E-state index contributed by atoms with van der Waals surface area (Å²) in [5.41, 5.74) is 1.11. The zero-order valence-electron chi connectivity index (χ0n) is 16.9. The van der Waals surface area contributed by atoms with Crippen LogP contribution in [0.25, 0.3) is 11.2 Å². The van der Waals surface area contributed by atoms with Gasteiger partial charge in [-0.3, -0.25) is 9.36 Å². The van der Waals surface area contributed by atoms with E-state index in [0.29, 0.717) is 16.7 Å². The summed E-state index contributed by atoms with van der Waals surface area (Å²) in [6, 6.07) is 8.71. The molecule has 2 aromatic heterocycles. The van der Waals surface area contributed by atoms with Gasteiger partial charge in [-0.05, 0) is 32.4 Å². The Hall–Kier alpha value is -2.48. The van der Waals surface area contributed by atoms with E-state index < -0.39 is 32.8 Å². The summed E-state index contributed by atoms with van der Waals surface area (Å²) < 4.78 is 35.8. The van der Waals surface area contributed by atoms with Gasteiger partial charge in [0.2, 0.25) is 0 Å². The van der Waals surface area contributed by atoms with E-state index in [2.05, 4.69) is 20.3 Å². The number of fused-ring (bicyclic) bond motifs is 1. The van der Waals surface area contributed by atoms with E-state index in [1.807, 2.05) is 19.4 Å². The number of aromatic nitrogens is 4. The molecule has 0 saturated carbocycles. The Kier molecular flexibility index (Phi) is 5.18. The number of rotatable bonds is 5.